The fourth-order valence-corrected chi connectivity index (χ4v) is 2.40. The van der Waals surface area contributed by atoms with Gasteiger partial charge in [-0.15, -0.1) is 11.3 Å². The number of carbonyl (C=O) groups is 1. The van der Waals surface area contributed by atoms with Crippen molar-refractivity contribution in [3.8, 4) is 0 Å². The minimum absolute atomic E-state index is 0.118. The molecule has 2 aromatic rings. The van der Waals surface area contributed by atoms with Gasteiger partial charge in [-0.05, 0) is 19.9 Å². The van der Waals surface area contributed by atoms with Crippen molar-refractivity contribution in [1.29, 1.82) is 0 Å². The second-order valence-electron chi connectivity index (χ2n) is 4.64. The van der Waals surface area contributed by atoms with E-state index in [0.29, 0.717) is 17.4 Å². The molecule has 2 aromatic heterocycles. The van der Waals surface area contributed by atoms with Crippen LogP contribution in [0.3, 0.4) is 0 Å². The molecule has 0 atom stereocenters. The summed E-state index contributed by atoms with van der Waals surface area (Å²) in [6.45, 7) is 4.11. The number of anilines is 1. The van der Waals surface area contributed by atoms with Crippen LogP contribution in [0.5, 0.6) is 0 Å². The first-order valence-electron chi connectivity index (χ1n) is 6.17. The summed E-state index contributed by atoms with van der Waals surface area (Å²) in [5, 5.41) is 2.86. The van der Waals surface area contributed by atoms with E-state index >= 15 is 0 Å². The second kappa shape index (κ2) is 5.96. The molecule has 0 spiro atoms. The number of nitrogens with zero attached hydrogens (tertiary/aromatic N) is 4. The van der Waals surface area contributed by atoms with Crippen molar-refractivity contribution < 1.29 is 4.79 Å². The molecule has 20 heavy (non-hydrogen) atoms. The van der Waals surface area contributed by atoms with Gasteiger partial charge in [0.05, 0.1) is 23.4 Å². The third kappa shape index (κ3) is 3.30. The zero-order valence-corrected chi connectivity index (χ0v) is 12.8. The zero-order chi connectivity index (χ0) is 14.7. The van der Waals surface area contributed by atoms with E-state index in [-0.39, 0.29) is 5.91 Å². The van der Waals surface area contributed by atoms with Gasteiger partial charge < -0.3 is 10.2 Å². The maximum absolute atomic E-state index is 12.0. The average Bonchev–Trinajstić information content (AvgIpc) is 2.81. The standard InChI is InChI=1S/C13H17N5OS/c1-8-5-10(17-13(16-8)18(3)4)6-14-12(19)11-9(2)15-7-20-11/h5,7H,6H2,1-4H3,(H,14,19). The molecule has 0 bridgehead atoms. The maximum atomic E-state index is 12.0. The molecule has 0 saturated carbocycles. The number of carbonyl (C=O) groups excluding carboxylic acids is 1. The van der Waals surface area contributed by atoms with E-state index in [1.54, 1.807) is 5.51 Å². The van der Waals surface area contributed by atoms with E-state index in [0.717, 1.165) is 17.1 Å². The van der Waals surface area contributed by atoms with Crippen molar-refractivity contribution in [2.45, 2.75) is 20.4 Å². The normalized spacial score (nSPS) is 10.4. The summed E-state index contributed by atoms with van der Waals surface area (Å²) in [4.78, 5) is 27.3. The lowest BCUT2D eigenvalue weighted by Crippen LogP contribution is -2.24. The highest BCUT2D eigenvalue weighted by molar-refractivity contribution is 7.11. The number of hydrogen-bond donors (Lipinski definition) is 1. The fourth-order valence-electron chi connectivity index (χ4n) is 1.68. The van der Waals surface area contributed by atoms with Crippen molar-refractivity contribution in [3.63, 3.8) is 0 Å². The molecule has 106 valence electrons. The van der Waals surface area contributed by atoms with Crippen LogP contribution >= 0.6 is 11.3 Å². The first kappa shape index (κ1) is 14.4. The van der Waals surface area contributed by atoms with Gasteiger partial charge in [0, 0.05) is 19.8 Å². The van der Waals surface area contributed by atoms with Crippen LogP contribution in [0, 0.1) is 13.8 Å². The molecule has 0 aliphatic carbocycles. The van der Waals surface area contributed by atoms with Gasteiger partial charge in [-0.2, -0.15) is 0 Å². The molecule has 0 fully saturated rings. The van der Waals surface area contributed by atoms with Crippen LogP contribution < -0.4 is 10.2 Å². The molecule has 1 N–H and O–H groups in total. The molecule has 0 aliphatic rings. The molecule has 0 radical (unpaired) electrons. The topological polar surface area (TPSA) is 71.0 Å². The average molecular weight is 291 g/mol. The zero-order valence-electron chi connectivity index (χ0n) is 12.0. The Kier molecular flexibility index (Phi) is 4.29. The van der Waals surface area contributed by atoms with E-state index in [2.05, 4.69) is 20.3 Å². The highest BCUT2D eigenvalue weighted by Gasteiger charge is 2.12. The summed E-state index contributed by atoms with van der Waals surface area (Å²) in [6.07, 6.45) is 0. The molecule has 0 unspecified atom stereocenters. The molecular weight excluding hydrogens is 274 g/mol. The van der Waals surface area contributed by atoms with Gasteiger partial charge in [-0.3, -0.25) is 4.79 Å². The van der Waals surface area contributed by atoms with Crippen LogP contribution in [0.2, 0.25) is 0 Å². The summed E-state index contributed by atoms with van der Waals surface area (Å²) in [6, 6.07) is 1.87. The number of amides is 1. The lowest BCUT2D eigenvalue weighted by molar-refractivity contribution is 0.0953. The molecule has 0 aliphatic heterocycles. The monoisotopic (exact) mass is 291 g/mol. The minimum Gasteiger partial charge on any atom is -0.347 e. The Bertz CT molecular complexity index is 623. The van der Waals surface area contributed by atoms with Crippen molar-refractivity contribution in [2.24, 2.45) is 0 Å². The highest BCUT2D eigenvalue weighted by Crippen LogP contribution is 2.12. The third-order valence-electron chi connectivity index (χ3n) is 2.68. The summed E-state index contributed by atoms with van der Waals surface area (Å²) in [5.74, 6) is 0.524. The number of hydrogen-bond acceptors (Lipinski definition) is 6. The fraction of sp³-hybridized carbons (Fsp3) is 0.385. The Morgan fingerprint density at radius 1 is 1.35 bits per heavy atom. The number of aromatic nitrogens is 3. The summed E-state index contributed by atoms with van der Waals surface area (Å²) < 4.78 is 0. The van der Waals surface area contributed by atoms with E-state index < -0.39 is 0 Å². The molecule has 1 amide bonds. The predicted molar refractivity (Wildman–Crippen MR) is 79.1 cm³/mol. The van der Waals surface area contributed by atoms with Crippen molar-refractivity contribution in [1.82, 2.24) is 20.3 Å². The van der Waals surface area contributed by atoms with Gasteiger partial charge in [0.15, 0.2) is 0 Å². The minimum atomic E-state index is -0.118. The number of aryl methyl sites for hydroxylation is 2. The van der Waals surface area contributed by atoms with E-state index in [1.165, 1.54) is 11.3 Å². The lowest BCUT2D eigenvalue weighted by Gasteiger charge is -2.12. The smallest absolute Gasteiger partial charge is 0.263 e. The largest absolute Gasteiger partial charge is 0.347 e. The Morgan fingerprint density at radius 3 is 2.70 bits per heavy atom. The quantitative estimate of drug-likeness (QED) is 0.925. The van der Waals surface area contributed by atoms with Crippen molar-refractivity contribution in [3.05, 3.63) is 33.5 Å². The lowest BCUT2D eigenvalue weighted by atomic mass is 10.3. The SMILES string of the molecule is Cc1cc(CNC(=O)c2scnc2C)nc(N(C)C)n1. The van der Waals surface area contributed by atoms with Gasteiger partial charge in [0.1, 0.15) is 4.88 Å². The Balaban J connectivity index is 2.08. The summed E-state index contributed by atoms with van der Waals surface area (Å²) in [5.41, 5.74) is 4.09. The van der Waals surface area contributed by atoms with Crippen molar-refractivity contribution in [2.75, 3.05) is 19.0 Å². The van der Waals surface area contributed by atoms with Crippen LogP contribution in [0.15, 0.2) is 11.6 Å². The molecule has 0 aromatic carbocycles. The van der Waals surface area contributed by atoms with E-state index in [1.807, 2.05) is 38.9 Å². The number of rotatable bonds is 4. The van der Waals surface area contributed by atoms with Crippen LogP contribution in [0.4, 0.5) is 5.95 Å². The molecule has 2 heterocycles. The summed E-state index contributed by atoms with van der Waals surface area (Å²) in [7, 11) is 3.77. The maximum Gasteiger partial charge on any atom is 0.263 e. The molecule has 7 heteroatoms. The summed E-state index contributed by atoms with van der Waals surface area (Å²) >= 11 is 1.34. The number of nitrogens with one attached hydrogen (secondary N) is 1. The molecule has 2 rings (SSSR count). The van der Waals surface area contributed by atoms with E-state index in [4.69, 9.17) is 0 Å². The number of thiazole rings is 1. The Morgan fingerprint density at radius 2 is 2.10 bits per heavy atom. The Hall–Kier alpha value is -2.02. The van der Waals surface area contributed by atoms with Crippen LogP contribution in [-0.4, -0.2) is 35.0 Å². The highest BCUT2D eigenvalue weighted by atomic mass is 32.1. The van der Waals surface area contributed by atoms with Crippen LogP contribution in [0.1, 0.15) is 26.8 Å². The predicted octanol–water partition coefficient (Wildman–Crippen LogP) is 1.55. The third-order valence-corrected chi connectivity index (χ3v) is 3.60. The van der Waals surface area contributed by atoms with Gasteiger partial charge in [0.2, 0.25) is 5.95 Å². The van der Waals surface area contributed by atoms with Gasteiger partial charge in [0.25, 0.3) is 5.91 Å². The van der Waals surface area contributed by atoms with Crippen molar-refractivity contribution >= 4 is 23.2 Å². The molecular formula is C13H17N5OS. The van der Waals surface area contributed by atoms with E-state index in [9.17, 15) is 4.79 Å². The van der Waals surface area contributed by atoms with Gasteiger partial charge >= 0.3 is 0 Å². The molecule has 0 saturated heterocycles. The van der Waals surface area contributed by atoms with Crippen LogP contribution in [0.25, 0.3) is 0 Å². The van der Waals surface area contributed by atoms with Gasteiger partial charge in [-0.1, -0.05) is 0 Å². The first-order valence-corrected chi connectivity index (χ1v) is 7.05. The molecule has 6 nitrogen and oxygen atoms in total. The Labute approximate surface area is 121 Å². The van der Waals surface area contributed by atoms with Gasteiger partial charge in [-0.25, -0.2) is 15.0 Å². The first-order chi connectivity index (χ1) is 9.47. The second-order valence-corrected chi connectivity index (χ2v) is 5.50. The van der Waals surface area contributed by atoms with Crippen LogP contribution in [-0.2, 0) is 6.54 Å².